The van der Waals surface area contributed by atoms with E-state index in [1.165, 1.54) is 12.0 Å². The molecule has 4 N–H and O–H groups in total. The monoisotopic (exact) mass is 722 g/mol. The lowest BCUT2D eigenvalue weighted by Gasteiger charge is -2.34. The number of carbonyl (C=O) groups excluding carboxylic acids is 4. The lowest BCUT2D eigenvalue weighted by molar-refractivity contribution is -0.133. The van der Waals surface area contributed by atoms with Crippen LogP contribution in [-0.2, 0) is 32.0 Å². The number of nitrogens with one attached hydrogen (secondary N) is 3. The Balaban J connectivity index is 1.38. The number of cyclic esters (lactones) is 1. The highest BCUT2D eigenvalue weighted by Crippen LogP contribution is 2.23. The molecule has 1 aromatic heterocycles. The maximum Gasteiger partial charge on any atom is 0.415 e. The van der Waals surface area contributed by atoms with Crippen LogP contribution in [0.15, 0.2) is 109 Å². The molecule has 13 nitrogen and oxygen atoms in total. The average molecular weight is 723 g/mol. The van der Waals surface area contributed by atoms with Crippen molar-refractivity contribution < 1.29 is 33.8 Å². The smallest absolute Gasteiger partial charge is 0.415 e. The van der Waals surface area contributed by atoms with E-state index >= 15 is 0 Å². The van der Waals surface area contributed by atoms with Gasteiger partial charge in [0.15, 0.2) is 6.10 Å². The third-order valence-corrected chi connectivity index (χ3v) is 8.80. The van der Waals surface area contributed by atoms with Crippen LogP contribution in [0.1, 0.15) is 31.9 Å². The van der Waals surface area contributed by atoms with Gasteiger partial charge in [0.1, 0.15) is 6.04 Å². The van der Waals surface area contributed by atoms with E-state index in [1.807, 2.05) is 99.6 Å². The Hall–Kier alpha value is -5.79. The first-order valence-electron chi connectivity index (χ1n) is 17.4. The number of aromatic nitrogens is 1. The molecule has 1 aliphatic heterocycles. The quantitative estimate of drug-likeness (QED) is 0.138. The van der Waals surface area contributed by atoms with Gasteiger partial charge in [-0.05, 0) is 47.2 Å². The summed E-state index contributed by atoms with van der Waals surface area (Å²) in [6.07, 6.45) is -1.79. The normalized spacial score (nSPS) is 15.9. The number of benzene rings is 3. The van der Waals surface area contributed by atoms with Crippen LogP contribution in [-0.4, -0.2) is 83.6 Å². The first kappa shape index (κ1) is 38.4. The van der Waals surface area contributed by atoms with Gasteiger partial charge in [-0.25, -0.2) is 14.6 Å². The topological polar surface area (TPSA) is 162 Å². The third-order valence-electron chi connectivity index (χ3n) is 8.80. The molecular formula is C40H46N6O7. The predicted molar refractivity (Wildman–Crippen MR) is 199 cm³/mol. The number of anilines is 1. The first-order valence-corrected chi connectivity index (χ1v) is 17.4. The summed E-state index contributed by atoms with van der Waals surface area (Å²) in [6, 6.07) is 29.7. The fraction of sp³-hybridized carbons (Fsp3) is 0.325. The Morgan fingerprint density at radius 1 is 0.925 bits per heavy atom. The molecule has 0 saturated carbocycles. The van der Waals surface area contributed by atoms with Crippen LogP contribution >= 0.6 is 0 Å². The van der Waals surface area contributed by atoms with Crippen molar-refractivity contribution in [1.29, 1.82) is 0 Å². The van der Waals surface area contributed by atoms with E-state index in [-0.39, 0.29) is 26.1 Å². The molecule has 5 rings (SSSR count). The number of pyridine rings is 1. The van der Waals surface area contributed by atoms with E-state index in [0.29, 0.717) is 5.69 Å². The lowest BCUT2D eigenvalue weighted by atomic mass is 9.86. The standard InChI is InChI=1S/C40H46N6O7/c1-40(2,3)35(43-38(50)52-4)37(49)44-45(24-28-18-20-29(21-19-28)31-17-11-12-22-41-31)25-33(47)32(23-27-13-7-5-8-14-27)42-36(48)34-26-46(39(51)53-34)30-15-9-6-10-16-30/h5-22,32-35,47H,23-26H2,1-4H3,(H,42,48)(H,43,50)(H,44,49)/t32?,33-,34-,35?/m0/s1. The minimum atomic E-state index is -1.23. The van der Waals surface area contributed by atoms with Gasteiger partial charge in [0.25, 0.3) is 11.8 Å². The van der Waals surface area contributed by atoms with Crippen LogP contribution in [0.25, 0.3) is 11.3 Å². The van der Waals surface area contributed by atoms with Crippen LogP contribution in [0.2, 0.25) is 0 Å². The second-order valence-electron chi connectivity index (χ2n) is 13.9. The van der Waals surface area contributed by atoms with Crippen molar-refractivity contribution in [3.8, 4) is 11.3 Å². The van der Waals surface area contributed by atoms with Crippen molar-refractivity contribution in [2.75, 3.05) is 25.1 Å². The Morgan fingerprint density at radius 3 is 2.21 bits per heavy atom. The highest BCUT2D eigenvalue weighted by Gasteiger charge is 2.39. The Bertz CT molecular complexity index is 1820. The van der Waals surface area contributed by atoms with Gasteiger partial charge in [-0.2, -0.15) is 0 Å². The fourth-order valence-electron chi connectivity index (χ4n) is 5.96. The molecule has 4 amide bonds. The van der Waals surface area contributed by atoms with Crippen LogP contribution in [0.3, 0.4) is 0 Å². The Morgan fingerprint density at radius 2 is 1.58 bits per heavy atom. The van der Waals surface area contributed by atoms with Crippen molar-refractivity contribution >= 4 is 29.7 Å². The number of aliphatic hydroxyl groups is 1. The number of nitrogens with zero attached hydrogens (tertiary/aromatic N) is 3. The predicted octanol–water partition coefficient (Wildman–Crippen LogP) is 4.47. The Kier molecular flexibility index (Phi) is 12.8. The molecule has 4 atom stereocenters. The highest BCUT2D eigenvalue weighted by molar-refractivity contribution is 5.95. The van der Waals surface area contributed by atoms with Gasteiger partial charge in [-0.15, -0.1) is 0 Å². The molecule has 1 fully saturated rings. The number of para-hydroxylation sites is 1. The summed E-state index contributed by atoms with van der Waals surface area (Å²) in [5.74, 6) is -1.09. The van der Waals surface area contributed by atoms with Crippen molar-refractivity contribution in [3.63, 3.8) is 0 Å². The number of hydrogen-bond acceptors (Lipinski definition) is 9. The maximum absolute atomic E-state index is 13.8. The number of aliphatic hydroxyl groups excluding tert-OH is 1. The van der Waals surface area contributed by atoms with Gasteiger partial charge < -0.3 is 25.2 Å². The molecule has 13 heteroatoms. The SMILES string of the molecule is COC(=O)NC(C(=O)NN(Cc1ccc(-c2ccccn2)cc1)C[C@H](O)C(Cc1ccccc1)NC(=O)[C@@H]1CN(c2ccccc2)C(=O)O1)C(C)(C)C. The molecular weight excluding hydrogens is 676 g/mol. The van der Waals surface area contributed by atoms with Gasteiger partial charge in [-0.1, -0.05) is 99.6 Å². The van der Waals surface area contributed by atoms with Crippen molar-refractivity contribution in [1.82, 2.24) is 26.1 Å². The highest BCUT2D eigenvalue weighted by atomic mass is 16.6. The van der Waals surface area contributed by atoms with E-state index < -0.39 is 53.7 Å². The fourth-order valence-corrected chi connectivity index (χ4v) is 5.96. The van der Waals surface area contributed by atoms with Crippen molar-refractivity contribution in [2.24, 2.45) is 5.41 Å². The Labute approximate surface area is 309 Å². The van der Waals surface area contributed by atoms with Crippen LogP contribution in [0, 0.1) is 5.41 Å². The van der Waals surface area contributed by atoms with Gasteiger partial charge in [0.05, 0.1) is 31.5 Å². The summed E-state index contributed by atoms with van der Waals surface area (Å²) < 4.78 is 10.2. The number of methoxy groups -OCH3 is 1. The number of amides is 4. The largest absolute Gasteiger partial charge is 0.453 e. The number of hydrogen-bond donors (Lipinski definition) is 4. The number of ether oxygens (including phenoxy) is 2. The minimum Gasteiger partial charge on any atom is -0.453 e. The van der Waals surface area contributed by atoms with Gasteiger partial charge >= 0.3 is 12.2 Å². The van der Waals surface area contributed by atoms with E-state index in [4.69, 9.17) is 9.47 Å². The van der Waals surface area contributed by atoms with Crippen molar-refractivity contribution in [2.45, 2.75) is 58.0 Å². The van der Waals surface area contributed by atoms with Gasteiger partial charge in [0.2, 0.25) is 0 Å². The summed E-state index contributed by atoms with van der Waals surface area (Å²) in [5, 5.41) is 18.9. The van der Waals surface area contributed by atoms with Crippen LogP contribution < -0.4 is 21.0 Å². The summed E-state index contributed by atoms with van der Waals surface area (Å²) in [5.41, 5.74) is 6.17. The molecule has 278 valence electrons. The second kappa shape index (κ2) is 17.6. The second-order valence-corrected chi connectivity index (χ2v) is 13.9. The molecule has 3 aromatic carbocycles. The van der Waals surface area contributed by atoms with E-state index in [1.54, 1.807) is 35.5 Å². The number of carbonyl (C=O) groups is 4. The zero-order valence-electron chi connectivity index (χ0n) is 30.3. The molecule has 0 aliphatic carbocycles. The minimum absolute atomic E-state index is 0.000890. The summed E-state index contributed by atoms with van der Waals surface area (Å²) in [7, 11) is 1.22. The molecule has 0 spiro atoms. The van der Waals surface area contributed by atoms with Gasteiger partial charge in [0, 0.05) is 30.5 Å². The summed E-state index contributed by atoms with van der Waals surface area (Å²) >= 11 is 0. The molecule has 1 saturated heterocycles. The zero-order chi connectivity index (χ0) is 38.0. The molecule has 2 heterocycles. The van der Waals surface area contributed by atoms with Crippen LogP contribution in [0.4, 0.5) is 15.3 Å². The maximum atomic E-state index is 13.8. The summed E-state index contributed by atoms with van der Waals surface area (Å²) in [4.78, 5) is 58.2. The molecule has 4 aromatic rings. The van der Waals surface area contributed by atoms with E-state index in [9.17, 15) is 24.3 Å². The van der Waals surface area contributed by atoms with E-state index in [2.05, 4.69) is 21.0 Å². The lowest BCUT2D eigenvalue weighted by Crippen LogP contribution is -2.59. The average Bonchev–Trinajstić information content (AvgIpc) is 3.55. The molecule has 1 aliphatic rings. The number of rotatable bonds is 14. The zero-order valence-corrected chi connectivity index (χ0v) is 30.3. The van der Waals surface area contributed by atoms with Crippen molar-refractivity contribution in [3.05, 3.63) is 120 Å². The molecule has 2 unspecified atom stereocenters. The molecule has 53 heavy (non-hydrogen) atoms. The van der Waals surface area contributed by atoms with E-state index in [0.717, 1.165) is 22.4 Å². The molecule has 0 radical (unpaired) electrons. The third kappa shape index (κ3) is 10.6. The first-order chi connectivity index (χ1) is 25.4. The van der Waals surface area contributed by atoms with Crippen LogP contribution in [0.5, 0.6) is 0 Å². The summed E-state index contributed by atoms with van der Waals surface area (Å²) in [6.45, 7) is 5.47. The molecule has 0 bridgehead atoms. The van der Waals surface area contributed by atoms with Gasteiger partial charge in [-0.3, -0.25) is 24.9 Å². The number of alkyl carbamates (subject to hydrolysis) is 1. The number of hydrazine groups is 1.